The molecular weight excluding hydrogens is 212 g/mol. The fourth-order valence-electron chi connectivity index (χ4n) is 1.88. The zero-order chi connectivity index (χ0) is 10.7. The van der Waals surface area contributed by atoms with Crippen LogP contribution in [0.2, 0.25) is 0 Å². The SMILES string of the molecule is COc1ccccc1C1CNCCN1Cl. The minimum absolute atomic E-state index is 0.191. The lowest BCUT2D eigenvalue weighted by atomic mass is 10.0. The highest BCUT2D eigenvalue weighted by molar-refractivity contribution is 6.13. The Balaban J connectivity index is 2.26. The minimum atomic E-state index is 0.191. The molecule has 0 radical (unpaired) electrons. The predicted molar refractivity (Wildman–Crippen MR) is 61.2 cm³/mol. The molecule has 1 unspecified atom stereocenters. The molecule has 1 saturated heterocycles. The number of nitrogens with one attached hydrogen (secondary N) is 1. The van der Waals surface area contributed by atoms with Crippen LogP contribution in [-0.2, 0) is 0 Å². The van der Waals surface area contributed by atoms with Crippen molar-refractivity contribution in [3.05, 3.63) is 29.8 Å². The van der Waals surface area contributed by atoms with E-state index in [1.807, 2.05) is 22.6 Å². The average molecular weight is 227 g/mol. The van der Waals surface area contributed by atoms with Crippen LogP contribution in [0.25, 0.3) is 0 Å². The number of nitrogens with zero attached hydrogens (tertiary/aromatic N) is 1. The molecule has 1 aromatic carbocycles. The van der Waals surface area contributed by atoms with E-state index in [4.69, 9.17) is 16.5 Å². The lowest BCUT2D eigenvalue weighted by molar-refractivity contribution is 0.276. The van der Waals surface area contributed by atoms with Crippen LogP contribution in [0.4, 0.5) is 0 Å². The summed E-state index contributed by atoms with van der Waals surface area (Å²) >= 11 is 6.18. The van der Waals surface area contributed by atoms with E-state index in [1.54, 1.807) is 7.11 Å². The Hall–Kier alpha value is -0.770. The van der Waals surface area contributed by atoms with Gasteiger partial charge < -0.3 is 10.1 Å². The molecule has 1 aromatic rings. The van der Waals surface area contributed by atoms with Crippen molar-refractivity contribution in [1.29, 1.82) is 0 Å². The topological polar surface area (TPSA) is 24.5 Å². The standard InChI is InChI=1S/C11H15ClN2O/c1-15-11-5-3-2-4-9(11)10-8-13-6-7-14(10)12/h2-5,10,13H,6-8H2,1H3. The molecule has 1 N–H and O–H groups in total. The zero-order valence-electron chi connectivity index (χ0n) is 8.74. The quantitative estimate of drug-likeness (QED) is 0.779. The Labute approximate surface area is 95.1 Å². The molecule has 2 rings (SSSR count). The first-order valence-electron chi connectivity index (χ1n) is 5.09. The van der Waals surface area contributed by atoms with Crippen molar-refractivity contribution in [3.8, 4) is 5.75 Å². The van der Waals surface area contributed by atoms with Gasteiger partial charge in [0.2, 0.25) is 0 Å². The third-order valence-electron chi connectivity index (χ3n) is 2.68. The molecule has 82 valence electrons. The number of hydrogen-bond donors (Lipinski definition) is 1. The van der Waals surface area contributed by atoms with E-state index in [0.717, 1.165) is 30.9 Å². The highest BCUT2D eigenvalue weighted by Crippen LogP contribution is 2.30. The smallest absolute Gasteiger partial charge is 0.123 e. The van der Waals surface area contributed by atoms with Crippen LogP contribution in [0.15, 0.2) is 24.3 Å². The van der Waals surface area contributed by atoms with E-state index in [1.165, 1.54) is 0 Å². The Morgan fingerprint density at radius 3 is 3.00 bits per heavy atom. The first kappa shape index (κ1) is 10.7. The number of benzene rings is 1. The number of halogens is 1. The number of methoxy groups -OCH3 is 1. The molecule has 1 aliphatic rings. The van der Waals surface area contributed by atoms with E-state index >= 15 is 0 Å². The first-order chi connectivity index (χ1) is 7.33. The van der Waals surface area contributed by atoms with Crippen LogP contribution in [0.1, 0.15) is 11.6 Å². The van der Waals surface area contributed by atoms with Gasteiger partial charge in [0.05, 0.1) is 13.2 Å². The largest absolute Gasteiger partial charge is 0.496 e. The highest BCUT2D eigenvalue weighted by Gasteiger charge is 2.24. The third kappa shape index (κ3) is 2.25. The summed E-state index contributed by atoms with van der Waals surface area (Å²) in [5.74, 6) is 0.900. The van der Waals surface area contributed by atoms with E-state index in [-0.39, 0.29) is 6.04 Å². The molecule has 1 fully saturated rings. The second kappa shape index (κ2) is 4.84. The second-order valence-electron chi connectivity index (χ2n) is 3.59. The van der Waals surface area contributed by atoms with Crippen LogP contribution < -0.4 is 10.1 Å². The number of rotatable bonds is 2. The molecular formula is C11H15ClN2O. The molecule has 0 aliphatic carbocycles. The summed E-state index contributed by atoms with van der Waals surface area (Å²) in [6, 6.07) is 8.20. The molecule has 0 bridgehead atoms. The molecule has 0 aromatic heterocycles. The van der Waals surface area contributed by atoms with Crippen LogP contribution in [0.5, 0.6) is 5.75 Å². The molecule has 3 nitrogen and oxygen atoms in total. The normalized spacial score (nSPS) is 22.7. The third-order valence-corrected chi connectivity index (χ3v) is 3.08. The van der Waals surface area contributed by atoms with Gasteiger partial charge in [-0.25, -0.2) is 4.42 Å². The van der Waals surface area contributed by atoms with Gasteiger partial charge in [-0.05, 0) is 17.8 Å². The van der Waals surface area contributed by atoms with Gasteiger partial charge in [0.25, 0.3) is 0 Å². The molecule has 4 heteroatoms. The van der Waals surface area contributed by atoms with E-state index in [9.17, 15) is 0 Å². The maximum absolute atomic E-state index is 6.18. The molecule has 0 spiro atoms. The molecule has 0 saturated carbocycles. The number of piperazine rings is 1. The van der Waals surface area contributed by atoms with E-state index < -0.39 is 0 Å². The van der Waals surface area contributed by atoms with Crippen molar-refractivity contribution >= 4 is 11.8 Å². The van der Waals surface area contributed by atoms with Gasteiger partial charge in [-0.2, -0.15) is 0 Å². The average Bonchev–Trinajstić information content (AvgIpc) is 2.30. The van der Waals surface area contributed by atoms with E-state index in [2.05, 4.69) is 11.4 Å². The molecule has 1 aliphatic heterocycles. The summed E-state index contributed by atoms with van der Waals surface area (Å²) in [5, 5.41) is 3.33. The van der Waals surface area contributed by atoms with Crippen LogP contribution >= 0.6 is 11.8 Å². The van der Waals surface area contributed by atoms with Crippen molar-refractivity contribution in [2.45, 2.75) is 6.04 Å². The summed E-state index contributed by atoms with van der Waals surface area (Å²) < 4.78 is 7.18. The van der Waals surface area contributed by atoms with Crippen molar-refractivity contribution < 1.29 is 4.74 Å². The van der Waals surface area contributed by atoms with Gasteiger partial charge in [0, 0.05) is 25.2 Å². The second-order valence-corrected chi connectivity index (χ2v) is 4.02. The summed E-state index contributed by atoms with van der Waals surface area (Å²) in [4.78, 5) is 0. The van der Waals surface area contributed by atoms with Crippen molar-refractivity contribution in [2.24, 2.45) is 0 Å². The molecule has 1 atom stereocenters. The monoisotopic (exact) mass is 226 g/mol. The predicted octanol–water partition coefficient (Wildman–Crippen LogP) is 1.80. The fourth-order valence-corrected chi connectivity index (χ4v) is 2.14. The Morgan fingerprint density at radius 2 is 2.27 bits per heavy atom. The summed E-state index contributed by atoms with van der Waals surface area (Å²) in [7, 11) is 1.69. The molecule has 0 amide bonds. The minimum Gasteiger partial charge on any atom is -0.496 e. The summed E-state index contributed by atoms with van der Waals surface area (Å²) in [5.41, 5.74) is 1.14. The Morgan fingerprint density at radius 1 is 1.47 bits per heavy atom. The number of hydrogen-bond acceptors (Lipinski definition) is 3. The van der Waals surface area contributed by atoms with Crippen molar-refractivity contribution in [2.75, 3.05) is 26.7 Å². The fraction of sp³-hybridized carbons (Fsp3) is 0.455. The van der Waals surface area contributed by atoms with Crippen LogP contribution in [0, 0.1) is 0 Å². The van der Waals surface area contributed by atoms with Gasteiger partial charge in [-0.1, -0.05) is 18.2 Å². The molecule has 15 heavy (non-hydrogen) atoms. The lowest BCUT2D eigenvalue weighted by Crippen LogP contribution is -2.41. The van der Waals surface area contributed by atoms with Gasteiger partial charge in [0.1, 0.15) is 5.75 Å². The number of ether oxygens (including phenoxy) is 1. The van der Waals surface area contributed by atoms with Gasteiger partial charge in [0.15, 0.2) is 0 Å². The number of para-hydroxylation sites is 1. The maximum Gasteiger partial charge on any atom is 0.123 e. The summed E-state index contributed by atoms with van der Waals surface area (Å²) in [6.07, 6.45) is 0. The van der Waals surface area contributed by atoms with Crippen LogP contribution in [0.3, 0.4) is 0 Å². The summed E-state index contributed by atoms with van der Waals surface area (Å²) in [6.45, 7) is 2.66. The van der Waals surface area contributed by atoms with Gasteiger partial charge in [-0.15, -0.1) is 0 Å². The zero-order valence-corrected chi connectivity index (χ0v) is 9.50. The first-order valence-corrected chi connectivity index (χ1v) is 5.43. The molecule has 1 heterocycles. The lowest BCUT2D eigenvalue weighted by Gasteiger charge is -2.31. The van der Waals surface area contributed by atoms with Crippen LogP contribution in [-0.4, -0.2) is 31.2 Å². The maximum atomic E-state index is 6.18. The van der Waals surface area contributed by atoms with Gasteiger partial charge >= 0.3 is 0 Å². The highest BCUT2D eigenvalue weighted by atomic mass is 35.5. The van der Waals surface area contributed by atoms with Crippen molar-refractivity contribution in [3.63, 3.8) is 0 Å². The van der Waals surface area contributed by atoms with Gasteiger partial charge in [-0.3, -0.25) is 0 Å². The Bertz CT molecular complexity index is 332. The van der Waals surface area contributed by atoms with Crippen molar-refractivity contribution in [1.82, 2.24) is 9.74 Å². The Kier molecular flexibility index (Phi) is 3.46. The van der Waals surface area contributed by atoms with E-state index in [0.29, 0.717) is 0 Å².